The lowest BCUT2D eigenvalue weighted by Crippen LogP contribution is -2.35. The van der Waals surface area contributed by atoms with Crippen molar-refractivity contribution >= 4 is 12.3 Å². The maximum atomic E-state index is 11.8. The Kier molecular flexibility index (Phi) is 4.47. The van der Waals surface area contributed by atoms with Gasteiger partial charge in [-0.15, -0.1) is 5.06 Å². The van der Waals surface area contributed by atoms with Gasteiger partial charge < -0.3 is 9.63 Å². The summed E-state index contributed by atoms with van der Waals surface area (Å²) in [6.45, 7) is 1.41. The number of piperidine rings is 1. The number of nitrogens with zero attached hydrogens (tertiary/aromatic N) is 1. The van der Waals surface area contributed by atoms with Crippen LogP contribution in [-0.4, -0.2) is 30.4 Å². The molecule has 1 saturated heterocycles. The van der Waals surface area contributed by atoms with E-state index in [9.17, 15) is 9.59 Å². The van der Waals surface area contributed by atoms with Crippen LogP contribution in [0.4, 0.5) is 0 Å². The molecule has 0 atom stereocenters. The molecule has 0 bridgehead atoms. The van der Waals surface area contributed by atoms with Crippen LogP contribution in [0.15, 0.2) is 30.3 Å². The van der Waals surface area contributed by atoms with E-state index in [0.29, 0.717) is 31.0 Å². The van der Waals surface area contributed by atoms with Gasteiger partial charge in [-0.1, -0.05) is 18.2 Å². The van der Waals surface area contributed by atoms with Gasteiger partial charge in [0.1, 0.15) is 6.29 Å². The van der Waals surface area contributed by atoms with Crippen molar-refractivity contribution in [2.24, 2.45) is 5.92 Å². The summed E-state index contributed by atoms with van der Waals surface area (Å²) in [5, 5.41) is 1.69. The number of rotatable bonds is 4. The lowest BCUT2D eigenvalue weighted by Gasteiger charge is -2.29. The predicted octanol–water partition coefficient (Wildman–Crippen LogP) is 2.06. The molecule has 0 amide bonds. The molecule has 1 fully saturated rings. The fraction of sp³-hybridized carbons (Fsp3) is 0.429. The van der Waals surface area contributed by atoms with Gasteiger partial charge in [-0.2, -0.15) is 0 Å². The van der Waals surface area contributed by atoms with Crippen molar-refractivity contribution in [1.29, 1.82) is 0 Å². The van der Waals surface area contributed by atoms with Gasteiger partial charge in [-0.25, -0.2) is 4.79 Å². The lowest BCUT2D eigenvalue weighted by molar-refractivity contribution is -0.128. The first kappa shape index (κ1) is 12.8. The van der Waals surface area contributed by atoms with E-state index in [2.05, 4.69) is 0 Å². The van der Waals surface area contributed by atoms with E-state index in [1.807, 2.05) is 18.2 Å². The summed E-state index contributed by atoms with van der Waals surface area (Å²) in [6, 6.07) is 8.96. The zero-order valence-electron chi connectivity index (χ0n) is 10.2. The van der Waals surface area contributed by atoms with Gasteiger partial charge in [-0.05, 0) is 30.9 Å². The minimum absolute atomic E-state index is 0.315. The monoisotopic (exact) mass is 247 g/mol. The van der Waals surface area contributed by atoms with Crippen LogP contribution in [0.5, 0.6) is 0 Å². The summed E-state index contributed by atoms with van der Waals surface area (Å²) in [4.78, 5) is 27.5. The molecule has 1 aromatic rings. The third-order valence-corrected chi connectivity index (χ3v) is 3.22. The number of aldehydes is 1. The Bertz CT molecular complexity index is 397. The number of carbonyl (C=O) groups is 2. The minimum atomic E-state index is -0.315. The van der Waals surface area contributed by atoms with Gasteiger partial charge in [0, 0.05) is 19.5 Å². The summed E-state index contributed by atoms with van der Waals surface area (Å²) < 4.78 is 0. The molecule has 4 nitrogen and oxygen atoms in total. The number of benzene rings is 1. The first-order chi connectivity index (χ1) is 8.79. The molecule has 0 N–H and O–H groups in total. The van der Waals surface area contributed by atoms with Gasteiger partial charge >= 0.3 is 5.97 Å². The van der Waals surface area contributed by atoms with Crippen LogP contribution in [0.2, 0.25) is 0 Å². The Hall–Kier alpha value is -1.68. The molecule has 1 aliphatic rings. The van der Waals surface area contributed by atoms with Gasteiger partial charge in [0.2, 0.25) is 0 Å². The van der Waals surface area contributed by atoms with Crippen molar-refractivity contribution in [3.05, 3.63) is 35.9 Å². The third kappa shape index (κ3) is 3.40. The normalized spacial score (nSPS) is 17.3. The largest absolute Gasteiger partial charge is 0.364 e. The van der Waals surface area contributed by atoms with E-state index in [-0.39, 0.29) is 5.97 Å². The molecule has 0 unspecified atom stereocenters. The Morgan fingerprint density at radius 3 is 2.56 bits per heavy atom. The second-order valence-electron chi connectivity index (χ2n) is 4.52. The molecule has 96 valence electrons. The SMILES string of the molecule is O=CCC1CCN(OC(=O)c2ccccc2)CC1. The van der Waals surface area contributed by atoms with Crippen LogP contribution in [-0.2, 0) is 9.63 Å². The van der Waals surface area contributed by atoms with Crippen LogP contribution in [0.1, 0.15) is 29.6 Å². The highest BCUT2D eigenvalue weighted by molar-refractivity contribution is 5.89. The van der Waals surface area contributed by atoms with Gasteiger partial charge in [-0.3, -0.25) is 0 Å². The van der Waals surface area contributed by atoms with Crippen molar-refractivity contribution in [3.63, 3.8) is 0 Å². The first-order valence-electron chi connectivity index (χ1n) is 6.25. The summed E-state index contributed by atoms with van der Waals surface area (Å²) in [5.41, 5.74) is 0.563. The number of hydrogen-bond acceptors (Lipinski definition) is 4. The quantitative estimate of drug-likeness (QED) is 0.764. The molecule has 0 saturated carbocycles. The minimum Gasteiger partial charge on any atom is -0.364 e. The highest BCUT2D eigenvalue weighted by Gasteiger charge is 2.21. The predicted molar refractivity (Wildman–Crippen MR) is 66.8 cm³/mol. The van der Waals surface area contributed by atoms with Crippen LogP contribution >= 0.6 is 0 Å². The van der Waals surface area contributed by atoms with Gasteiger partial charge in [0.15, 0.2) is 0 Å². The third-order valence-electron chi connectivity index (χ3n) is 3.22. The van der Waals surface area contributed by atoms with Crippen molar-refractivity contribution in [2.45, 2.75) is 19.3 Å². The van der Waals surface area contributed by atoms with E-state index in [1.165, 1.54) is 0 Å². The molecule has 18 heavy (non-hydrogen) atoms. The van der Waals surface area contributed by atoms with Gasteiger partial charge in [0.05, 0.1) is 5.56 Å². The fourth-order valence-corrected chi connectivity index (χ4v) is 2.12. The van der Waals surface area contributed by atoms with E-state index >= 15 is 0 Å². The molecule has 0 aliphatic carbocycles. The topological polar surface area (TPSA) is 46.6 Å². The Balaban J connectivity index is 1.81. The maximum Gasteiger partial charge on any atom is 0.357 e. The van der Waals surface area contributed by atoms with Crippen LogP contribution in [0, 0.1) is 5.92 Å². The number of hydrogen-bond donors (Lipinski definition) is 0. The van der Waals surface area contributed by atoms with Crippen molar-refractivity contribution in [2.75, 3.05) is 13.1 Å². The average Bonchev–Trinajstić information content (AvgIpc) is 2.42. The van der Waals surface area contributed by atoms with E-state index in [0.717, 1.165) is 19.1 Å². The van der Waals surface area contributed by atoms with E-state index in [4.69, 9.17) is 4.84 Å². The summed E-state index contributed by atoms with van der Waals surface area (Å²) in [5.74, 6) is 0.124. The molecule has 0 aromatic heterocycles. The smallest absolute Gasteiger partial charge is 0.357 e. The van der Waals surface area contributed by atoms with Crippen molar-refractivity contribution in [3.8, 4) is 0 Å². The first-order valence-corrected chi connectivity index (χ1v) is 6.25. The Labute approximate surface area is 106 Å². The Morgan fingerprint density at radius 1 is 1.28 bits per heavy atom. The van der Waals surface area contributed by atoms with Crippen LogP contribution < -0.4 is 0 Å². The standard InChI is InChI=1S/C14H17NO3/c16-11-8-12-6-9-15(10-7-12)18-14(17)13-4-2-1-3-5-13/h1-5,11-12H,6-10H2. The summed E-state index contributed by atoms with van der Waals surface area (Å²) in [7, 11) is 0. The highest BCUT2D eigenvalue weighted by atomic mass is 16.7. The second kappa shape index (κ2) is 6.31. The molecular weight excluding hydrogens is 230 g/mol. The summed E-state index contributed by atoms with van der Waals surface area (Å²) >= 11 is 0. The zero-order chi connectivity index (χ0) is 12.8. The van der Waals surface area contributed by atoms with Crippen LogP contribution in [0.3, 0.4) is 0 Å². The van der Waals surface area contributed by atoms with Crippen LogP contribution in [0.25, 0.3) is 0 Å². The summed E-state index contributed by atoms with van der Waals surface area (Å²) in [6.07, 6.45) is 3.39. The van der Waals surface area contributed by atoms with E-state index in [1.54, 1.807) is 17.2 Å². The molecule has 1 aromatic carbocycles. The molecule has 1 aliphatic heterocycles. The molecule has 2 rings (SSSR count). The molecule has 0 spiro atoms. The zero-order valence-corrected chi connectivity index (χ0v) is 10.2. The molecule has 4 heteroatoms. The molecule has 1 heterocycles. The van der Waals surface area contributed by atoms with Crippen molar-refractivity contribution < 1.29 is 14.4 Å². The molecular formula is C14H17NO3. The van der Waals surface area contributed by atoms with E-state index < -0.39 is 0 Å². The average molecular weight is 247 g/mol. The lowest BCUT2D eigenvalue weighted by atomic mass is 9.95. The maximum absolute atomic E-state index is 11.8. The molecule has 0 radical (unpaired) electrons. The Morgan fingerprint density at radius 2 is 1.94 bits per heavy atom. The van der Waals surface area contributed by atoms with Crippen molar-refractivity contribution in [1.82, 2.24) is 5.06 Å². The fourth-order valence-electron chi connectivity index (χ4n) is 2.12. The van der Waals surface area contributed by atoms with Gasteiger partial charge in [0.25, 0.3) is 0 Å². The highest BCUT2D eigenvalue weighted by Crippen LogP contribution is 2.20. The number of hydroxylamine groups is 2. The second-order valence-corrected chi connectivity index (χ2v) is 4.52. The number of carbonyl (C=O) groups excluding carboxylic acids is 2.